The minimum atomic E-state index is -0.131. The third kappa shape index (κ3) is 8.70. The average molecular weight is 573 g/mol. The van der Waals surface area contributed by atoms with Crippen LogP contribution in [0.2, 0.25) is 0 Å². The van der Waals surface area contributed by atoms with Gasteiger partial charge in [0.2, 0.25) is 11.8 Å². The molecule has 41 heavy (non-hydrogen) atoms. The lowest BCUT2D eigenvalue weighted by molar-refractivity contribution is -0.133. The van der Waals surface area contributed by atoms with Gasteiger partial charge in [-0.25, -0.2) is 0 Å². The summed E-state index contributed by atoms with van der Waals surface area (Å²) in [5, 5.41) is 2.49. The van der Waals surface area contributed by atoms with Gasteiger partial charge in [-0.3, -0.25) is 14.3 Å². The number of amides is 2. The summed E-state index contributed by atoms with van der Waals surface area (Å²) in [6, 6.07) is 14.9. The number of primary amides is 1. The van der Waals surface area contributed by atoms with Crippen molar-refractivity contribution in [3.05, 3.63) is 89.7 Å². The van der Waals surface area contributed by atoms with Crippen molar-refractivity contribution in [1.29, 1.82) is 0 Å². The second-order valence-corrected chi connectivity index (χ2v) is 12.0. The number of carbonyl (C=O) groups excluding carboxylic acids is 2. The quantitative estimate of drug-likeness (QED) is 0.333. The summed E-state index contributed by atoms with van der Waals surface area (Å²) >= 11 is 1.66. The number of likely N-dealkylation sites (tertiary alicyclic amines) is 2. The molecule has 0 unspecified atom stereocenters. The van der Waals surface area contributed by atoms with E-state index in [0.29, 0.717) is 6.42 Å². The number of rotatable bonds is 8. The molecule has 3 N–H and O–H groups in total. The Bertz CT molecular complexity index is 1310. The maximum atomic E-state index is 12.9. The van der Waals surface area contributed by atoms with Gasteiger partial charge in [-0.2, -0.15) is 0 Å². The summed E-state index contributed by atoms with van der Waals surface area (Å²) in [5.74, 6) is 0.274. The number of fused-ring (bicyclic) bond motifs is 1. The van der Waals surface area contributed by atoms with Crippen LogP contribution in [0.3, 0.4) is 0 Å². The van der Waals surface area contributed by atoms with E-state index >= 15 is 0 Å². The van der Waals surface area contributed by atoms with Crippen molar-refractivity contribution in [2.75, 3.05) is 46.0 Å². The molecule has 5 rings (SSSR count). The lowest BCUT2D eigenvalue weighted by Gasteiger charge is -2.43. The second-order valence-electron chi connectivity index (χ2n) is 11.3. The van der Waals surface area contributed by atoms with E-state index in [-0.39, 0.29) is 23.1 Å². The molecule has 3 aliphatic rings. The van der Waals surface area contributed by atoms with Crippen LogP contribution in [0.15, 0.2) is 84.1 Å². The van der Waals surface area contributed by atoms with Crippen molar-refractivity contribution in [2.24, 2.45) is 17.1 Å². The summed E-state index contributed by atoms with van der Waals surface area (Å²) in [7, 11) is 2.07. The number of nitrogens with one attached hydrogen (secondary N) is 1. The molecular formula is C34H44N4O2S. The van der Waals surface area contributed by atoms with Crippen LogP contribution in [0.4, 0.5) is 0 Å². The standard InChI is InChI=1S/C27H30N2OS.C7H14N2O/c1-31-28-21-27(25-10-4-2-3-5-11-25)16-18-29(19-17-27)26(30)15-13-22-12-14-23-8-6-7-9-24(23)20-22;1-9-4-2-6(3-5-9)7(8)10/h2,4-12,14,20,28H,13,15-19,21H2,1H3;6H,2-5H2,1H3,(H2,8,10). The van der Waals surface area contributed by atoms with Gasteiger partial charge in [0.15, 0.2) is 0 Å². The first-order valence-electron chi connectivity index (χ1n) is 14.7. The van der Waals surface area contributed by atoms with Gasteiger partial charge in [0, 0.05) is 37.4 Å². The molecule has 6 nitrogen and oxygen atoms in total. The molecule has 0 saturated carbocycles. The number of hydrogen-bond donors (Lipinski definition) is 2. The fraction of sp³-hybridized carbons (Fsp3) is 0.441. The lowest BCUT2D eigenvalue weighted by atomic mass is 9.72. The van der Waals surface area contributed by atoms with Gasteiger partial charge in [-0.1, -0.05) is 72.6 Å². The average Bonchev–Trinajstić information content (AvgIpc) is 3.30. The smallest absolute Gasteiger partial charge is 0.222 e. The Kier molecular flexibility index (Phi) is 11.5. The van der Waals surface area contributed by atoms with Crippen LogP contribution in [-0.2, 0) is 16.0 Å². The van der Waals surface area contributed by atoms with Crippen molar-refractivity contribution in [3.63, 3.8) is 0 Å². The van der Waals surface area contributed by atoms with Crippen LogP contribution in [0.1, 0.15) is 37.7 Å². The normalized spacial score (nSPS) is 18.9. The minimum absolute atomic E-state index is 0.0605. The van der Waals surface area contributed by atoms with Gasteiger partial charge in [0.25, 0.3) is 0 Å². The van der Waals surface area contributed by atoms with E-state index in [9.17, 15) is 9.59 Å². The topological polar surface area (TPSA) is 78.7 Å². The molecule has 2 aromatic rings. The number of nitrogens with two attached hydrogens (primary N) is 1. The highest BCUT2D eigenvalue weighted by Gasteiger charge is 2.37. The first kappa shape index (κ1) is 30.9. The van der Waals surface area contributed by atoms with Crippen molar-refractivity contribution in [3.8, 4) is 0 Å². The molecule has 2 heterocycles. The summed E-state index contributed by atoms with van der Waals surface area (Å²) in [6.45, 7) is 4.56. The number of nitrogens with zero attached hydrogens (tertiary/aromatic N) is 2. The third-order valence-corrected chi connectivity index (χ3v) is 9.06. The summed E-state index contributed by atoms with van der Waals surface area (Å²) in [5.41, 5.74) is 10.9. The molecule has 0 radical (unpaired) electrons. The molecular weight excluding hydrogens is 528 g/mol. The van der Waals surface area contributed by atoms with Crippen molar-refractivity contribution >= 4 is 34.5 Å². The lowest BCUT2D eigenvalue weighted by Crippen LogP contribution is -2.47. The predicted octanol–water partition coefficient (Wildman–Crippen LogP) is 5.27. The number of allylic oxidation sites excluding steroid dienone is 4. The molecule has 218 valence electrons. The summed E-state index contributed by atoms with van der Waals surface area (Å²) < 4.78 is 3.48. The highest BCUT2D eigenvalue weighted by molar-refractivity contribution is 7.96. The maximum absolute atomic E-state index is 12.9. The fourth-order valence-corrected chi connectivity index (χ4v) is 6.29. The van der Waals surface area contributed by atoms with Crippen LogP contribution in [0, 0.1) is 11.3 Å². The highest BCUT2D eigenvalue weighted by Crippen LogP contribution is 2.40. The molecule has 2 fully saturated rings. The Balaban J connectivity index is 0.000000328. The molecule has 2 amide bonds. The van der Waals surface area contributed by atoms with E-state index in [0.717, 1.165) is 64.8 Å². The van der Waals surface area contributed by atoms with Gasteiger partial charge in [0.05, 0.1) is 0 Å². The molecule has 2 aromatic carbocycles. The third-order valence-electron chi connectivity index (χ3n) is 8.63. The molecule has 2 saturated heterocycles. The van der Waals surface area contributed by atoms with Crippen LogP contribution in [0.25, 0.3) is 10.8 Å². The molecule has 0 bridgehead atoms. The zero-order chi connectivity index (χ0) is 29.1. The Morgan fingerprint density at radius 2 is 1.78 bits per heavy atom. The molecule has 2 aliphatic heterocycles. The van der Waals surface area contributed by atoms with Gasteiger partial charge in [0.1, 0.15) is 0 Å². The van der Waals surface area contributed by atoms with Gasteiger partial charge >= 0.3 is 0 Å². The predicted molar refractivity (Wildman–Crippen MR) is 171 cm³/mol. The Hall–Kier alpha value is -3.09. The highest BCUT2D eigenvalue weighted by atomic mass is 32.2. The minimum Gasteiger partial charge on any atom is -0.369 e. The SMILES string of the molecule is CN1CCC(C(N)=O)CC1.CSNCC1(C2=CC=C=CC=C2)CCN(C(=O)CCc2ccc3ccccc3c2)CC1. The first-order chi connectivity index (χ1) is 19.9. The van der Waals surface area contributed by atoms with Gasteiger partial charge < -0.3 is 15.5 Å². The molecule has 0 aromatic heterocycles. The molecule has 1 aliphatic carbocycles. The van der Waals surface area contributed by atoms with E-state index < -0.39 is 0 Å². The number of piperidine rings is 2. The Morgan fingerprint density at radius 1 is 1.05 bits per heavy atom. The largest absolute Gasteiger partial charge is 0.369 e. The second kappa shape index (κ2) is 15.2. The number of aryl methyl sites for hydroxylation is 1. The fourth-order valence-electron chi connectivity index (χ4n) is 5.87. The zero-order valence-electron chi connectivity index (χ0n) is 24.5. The maximum Gasteiger partial charge on any atom is 0.222 e. The number of benzene rings is 2. The van der Waals surface area contributed by atoms with Gasteiger partial charge in [-0.15, -0.1) is 5.73 Å². The summed E-state index contributed by atoms with van der Waals surface area (Å²) in [6.07, 6.45) is 17.7. The van der Waals surface area contributed by atoms with Crippen molar-refractivity contribution in [2.45, 2.75) is 38.5 Å². The monoisotopic (exact) mass is 572 g/mol. The molecule has 7 heteroatoms. The van der Waals surface area contributed by atoms with E-state index in [1.165, 1.54) is 21.9 Å². The van der Waals surface area contributed by atoms with Gasteiger partial charge in [-0.05, 0) is 92.6 Å². The molecule has 0 spiro atoms. The van der Waals surface area contributed by atoms with Crippen molar-refractivity contribution < 1.29 is 9.59 Å². The van der Waals surface area contributed by atoms with E-state index in [4.69, 9.17) is 5.73 Å². The zero-order valence-corrected chi connectivity index (χ0v) is 25.3. The van der Waals surface area contributed by atoms with Crippen molar-refractivity contribution in [1.82, 2.24) is 14.5 Å². The van der Waals surface area contributed by atoms with Crippen LogP contribution >= 0.6 is 11.9 Å². The van der Waals surface area contributed by atoms with E-state index in [2.05, 4.69) is 94.2 Å². The summed E-state index contributed by atoms with van der Waals surface area (Å²) in [4.78, 5) is 27.9. The van der Waals surface area contributed by atoms with Crippen LogP contribution in [-0.4, -0.2) is 67.6 Å². The van der Waals surface area contributed by atoms with Crippen LogP contribution < -0.4 is 10.5 Å². The van der Waals surface area contributed by atoms with E-state index in [1.807, 2.05) is 12.2 Å². The Morgan fingerprint density at radius 3 is 2.49 bits per heavy atom. The number of hydrogen-bond acceptors (Lipinski definition) is 5. The number of carbonyl (C=O) groups is 2. The van der Waals surface area contributed by atoms with Crippen LogP contribution in [0.5, 0.6) is 0 Å². The Labute approximate surface area is 249 Å². The van der Waals surface area contributed by atoms with E-state index in [1.54, 1.807) is 11.9 Å². The first-order valence-corrected chi connectivity index (χ1v) is 15.9. The molecule has 0 atom stereocenters.